The largest absolute Gasteiger partial charge is 0.478 e. The second-order valence-electron chi connectivity index (χ2n) is 4.85. The van der Waals surface area contributed by atoms with Crippen molar-refractivity contribution < 1.29 is 9.90 Å². The Morgan fingerprint density at radius 2 is 2.11 bits per heavy atom. The van der Waals surface area contributed by atoms with Crippen LogP contribution in [0, 0.1) is 5.92 Å². The van der Waals surface area contributed by atoms with E-state index in [1.165, 1.54) is 22.8 Å². The molecule has 0 unspecified atom stereocenters. The van der Waals surface area contributed by atoms with Gasteiger partial charge in [0, 0.05) is 6.54 Å². The van der Waals surface area contributed by atoms with Gasteiger partial charge in [0.25, 0.3) is 5.56 Å². The van der Waals surface area contributed by atoms with Crippen LogP contribution in [0.25, 0.3) is 10.9 Å². The van der Waals surface area contributed by atoms with Gasteiger partial charge in [-0.2, -0.15) is 0 Å². The molecule has 6 nitrogen and oxygen atoms in total. The van der Waals surface area contributed by atoms with Gasteiger partial charge in [0.05, 0.1) is 16.5 Å². The van der Waals surface area contributed by atoms with Crippen molar-refractivity contribution in [3.63, 3.8) is 0 Å². The van der Waals surface area contributed by atoms with E-state index < -0.39 is 11.7 Å². The summed E-state index contributed by atoms with van der Waals surface area (Å²) in [4.78, 5) is 37.5. The Morgan fingerprint density at radius 1 is 1.37 bits per heavy atom. The number of carboxylic acids is 1. The zero-order valence-corrected chi connectivity index (χ0v) is 10.0. The quantitative estimate of drug-likeness (QED) is 0.853. The van der Waals surface area contributed by atoms with Crippen LogP contribution in [0.4, 0.5) is 0 Å². The van der Waals surface area contributed by atoms with Crippen LogP contribution in [0.2, 0.25) is 0 Å². The minimum absolute atomic E-state index is 0.0440. The van der Waals surface area contributed by atoms with E-state index in [1.54, 1.807) is 0 Å². The van der Waals surface area contributed by atoms with E-state index in [-0.39, 0.29) is 16.6 Å². The highest BCUT2D eigenvalue weighted by Gasteiger charge is 2.23. The van der Waals surface area contributed by atoms with E-state index in [1.807, 2.05) is 0 Å². The van der Waals surface area contributed by atoms with Gasteiger partial charge < -0.3 is 10.1 Å². The van der Waals surface area contributed by atoms with Crippen molar-refractivity contribution in [1.82, 2.24) is 9.55 Å². The Morgan fingerprint density at radius 3 is 2.74 bits per heavy atom. The number of nitrogens with one attached hydrogen (secondary N) is 1. The lowest BCUT2D eigenvalue weighted by atomic mass is 10.1. The third kappa shape index (κ3) is 2.05. The maximum atomic E-state index is 12.2. The molecule has 2 aromatic rings. The Hall–Kier alpha value is -2.37. The predicted octanol–water partition coefficient (Wildman–Crippen LogP) is 0.798. The number of aromatic amines is 1. The summed E-state index contributed by atoms with van der Waals surface area (Å²) in [5.41, 5.74) is -0.529. The van der Waals surface area contributed by atoms with Gasteiger partial charge in [-0.3, -0.25) is 9.36 Å². The van der Waals surface area contributed by atoms with E-state index in [9.17, 15) is 14.4 Å². The Kier molecular flexibility index (Phi) is 2.51. The molecule has 0 spiro atoms. The number of aromatic carboxylic acids is 1. The van der Waals surface area contributed by atoms with Crippen LogP contribution < -0.4 is 11.2 Å². The van der Waals surface area contributed by atoms with Crippen molar-refractivity contribution in [2.45, 2.75) is 19.4 Å². The summed E-state index contributed by atoms with van der Waals surface area (Å²) in [6.45, 7) is 0.435. The molecule has 6 heteroatoms. The van der Waals surface area contributed by atoms with Gasteiger partial charge in [-0.05, 0) is 37.0 Å². The maximum absolute atomic E-state index is 12.2. The molecular weight excluding hydrogens is 248 g/mol. The van der Waals surface area contributed by atoms with Crippen LogP contribution in [0.15, 0.2) is 27.8 Å². The van der Waals surface area contributed by atoms with Crippen LogP contribution in [0.5, 0.6) is 0 Å². The first-order chi connectivity index (χ1) is 9.06. The molecule has 0 atom stereocenters. The van der Waals surface area contributed by atoms with Crippen LogP contribution >= 0.6 is 0 Å². The number of H-pyrrole nitrogens is 1. The molecule has 19 heavy (non-hydrogen) atoms. The number of aromatic nitrogens is 2. The minimum Gasteiger partial charge on any atom is -0.478 e. The molecular formula is C13H12N2O4. The fourth-order valence-electron chi connectivity index (χ4n) is 2.11. The Labute approximate surface area is 107 Å². The van der Waals surface area contributed by atoms with E-state index in [0.29, 0.717) is 17.8 Å². The third-order valence-electron chi connectivity index (χ3n) is 3.37. The molecule has 2 N–H and O–H groups in total. The van der Waals surface area contributed by atoms with Crippen LogP contribution in [0.3, 0.4) is 0 Å². The molecule has 98 valence electrons. The van der Waals surface area contributed by atoms with Crippen molar-refractivity contribution >= 4 is 16.9 Å². The third-order valence-corrected chi connectivity index (χ3v) is 3.37. The average Bonchev–Trinajstić information content (AvgIpc) is 3.17. The number of fused-ring (bicyclic) bond motifs is 1. The first kappa shape index (κ1) is 11.7. The van der Waals surface area contributed by atoms with Gasteiger partial charge >= 0.3 is 11.7 Å². The van der Waals surface area contributed by atoms with Crippen molar-refractivity contribution in [3.05, 3.63) is 44.6 Å². The fraction of sp³-hybridized carbons (Fsp3) is 0.308. The van der Waals surface area contributed by atoms with Gasteiger partial charge in [0.1, 0.15) is 0 Å². The monoisotopic (exact) mass is 260 g/mol. The average molecular weight is 260 g/mol. The van der Waals surface area contributed by atoms with Gasteiger partial charge in [0.2, 0.25) is 0 Å². The summed E-state index contributed by atoms with van der Waals surface area (Å²) in [5, 5.41) is 9.23. The number of carbonyl (C=O) groups is 1. The topological polar surface area (TPSA) is 92.2 Å². The smallest absolute Gasteiger partial charge is 0.335 e. The minimum atomic E-state index is -1.09. The number of rotatable bonds is 3. The SMILES string of the molecule is O=C(O)c1ccc2c(=O)n(CC3CC3)c(=O)[nH]c2c1. The number of carboxylic acid groups (broad SMARTS) is 1. The zero-order chi connectivity index (χ0) is 13.6. The highest BCUT2D eigenvalue weighted by molar-refractivity contribution is 5.92. The van der Waals surface area contributed by atoms with Gasteiger partial charge in [-0.25, -0.2) is 9.59 Å². The molecule has 1 aromatic heterocycles. The highest BCUT2D eigenvalue weighted by atomic mass is 16.4. The molecule has 1 fully saturated rings. The Balaban J connectivity index is 2.21. The van der Waals surface area contributed by atoms with Crippen molar-refractivity contribution in [3.8, 4) is 0 Å². The summed E-state index contributed by atoms with van der Waals surface area (Å²) < 4.78 is 1.19. The van der Waals surface area contributed by atoms with Crippen LogP contribution in [0.1, 0.15) is 23.2 Å². The second-order valence-corrected chi connectivity index (χ2v) is 4.85. The summed E-state index contributed by atoms with van der Waals surface area (Å²) in [6.07, 6.45) is 2.09. The van der Waals surface area contributed by atoms with E-state index >= 15 is 0 Å². The van der Waals surface area contributed by atoms with E-state index in [2.05, 4.69) is 4.98 Å². The van der Waals surface area contributed by atoms with Gasteiger partial charge in [-0.1, -0.05) is 0 Å². The molecule has 0 amide bonds. The van der Waals surface area contributed by atoms with Gasteiger partial charge in [0.15, 0.2) is 0 Å². The molecule has 1 aliphatic carbocycles. The lowest BCUT2D eigenvalue weighted by Crippen LogP contribution is -2.35. The zero-order valence-electron chi connectivity index (χ0n) is 10.0. The molecule has 1 heterocycles. The molecule has 0 saturated heterocycles. The second kappa shape index (κ2) is 4.08. The molecule has 0 radical (unpaired) electrons. The maximum Gasteiger partial charge on any atom is 0.335 e. The summed E-state index contributed by atoms with van der Waals surface area (Å²) in [5.74, 6) is -0.681. The van der Waals surface area contributed by atoms with Crippen molar-refractivity contribution in [1.29, 1.82) is 0 Å². The fourth-order valence-corrected chi connectivity index (χ4v) is 2.11. The van der Waals surface area contributed by atoms with Crippen molar-refractivity contribution in [2.24, 2.45) is 5.92 Å². The number of benzene rings is 1. The number of hydrogen-bond acceptors (Lipinski definition) is 3. The molecule has 1 aromatic carbocycles. The first-order valence-corrected chi connectivity index (χ1v) is 6.06. The molecule has 3 rings (SSSR count). The molecule has 0 bridgehead atoms. The lowest BCUT2D eigenvalue weighted by molar-refractivity contribution is 0.0697. The van der Waals surface area contributed by atoms with Crippen LogP contribution in [-0.2, 0) is 6.54 Å². The van der Waals surface area contributed by atoms with E-state index in [0.717, 1.165) is 12.8 Å². The Bertz CT molecular complexity index is 783. The number of hydrogen-bond donors (Lipinski definition) is 2. The molecule has 0 aliphatic heterocycles. The predicted molar refractivity (Wildman–Crippen MR) is 68.5 cm³/mol. The summed E-state index contributed by atoms with van der Waals surface area (Å²) in [7, 11) is 0. The van der Waals surface area contributed by atoms with Gasteiger partial charge in [-0.15, -0.1) is 0 Å². The first-order valence-electron chi connectivity index (χ1n) is 6.06. The summed E-state index contributed by atoms with van der Waals surface area (Å²) >= 11 is 0. The standard InChI is InChI=1S/C13H12N2O4/c16-11-9-4-3-8(12(17)18)5-10(9)14-13(19)15(11)6-7-1-2-7/h3-5,7H,1-2,6H2,(H,14,19)(H,17,18). The summed E-state index contributed by atoms with van der Waals surface area (Å²) in [6, 6.07) is 4.12. The normalized spacial score (nSPS) is 14.7. The van der Waals surface area contributed by atoms with E-state index in [4.69, 9.17) is 5.11 Å². The molecule has 1 saturated carbocycles. The lowest BCUT2D eigenvalue weighted by Gasteiger charge is -2.05. The van der Waals surface area contributed by atoms with Crippen molar-refractivity contribution in [2.75, 3.05) is 0 Å². The number of nitrogens with zero attached hydrogens (tertiary/aromatic N) is 1. The highest BCUT2D eigenvalue weighted by Crippen LogP contribution is 2.29. The van der Waals surface area contributed by atoms with Crippen LogP contribution in [-0.4, -0.2) is 20.6 Å². The molecule has 1 aliphatic rings.